The molecular formula is C16H16N2O4S3. The quantitative estimate of drug-likeness (QED) is 0.621. The van der Waals surface area contributed by atoms with E-state index in [0.717, 1.165) is 27.1 Å². The van der Waals surface area contributed by atoms with Crippen LogP contribution in [0.15, 0.2) is 44.3 Å². The molecule has 9 heteroatoms. The van der Waals surface area contributed by atoms with Crippen molar-refractivity contribution in [1.29, 1.82) is 0 Å². The standard InChI is InChI=1S/C16H16N2O4S3/c1-3-22-14(19)10-18-12-7-6-11(2)9-13(12)24-16(18)17-25(20,21)15-5-4-8-23-15/h4-9H,3,10H2,1-2H3/b17-16-. The van der Waals surface area contributed by atoms with E-state index in [1.165, 1.54) is 17.4 Å². The van der Waals surface area contributed by atoms with Crippen LogP contribution in [0.5, 0.6) is 0 Å². The smallest absolute Gasteiger partial charge is 0.326 e. The molecule has 0 amide bonds. The maximum Gasteiger partial charge on any atom is 0.326 e. The molecule has 3 aromatic rings. The van der Waals surface area contributed by atoms with Gasteiger partial charge in [0.05, 0.1) is 16.8 Å². The molecule has 0 fully saturated rings. The molecule has 0 aliphatic carbocycles. The van der Waals surface area contributed by atoms with E-state index >= 15 is 0 Å². The third kappa shape index (κ3) is 3.83. The monoisotopic (exact) mass is 396 g/mol. The fourth-order valence-corrected chi connectivity index (χ4v) is 5.60. The van der Waals surface area contributed by atoms with Crippen LogP contribution in [0.2, 0.25) is 0 Å². The number of aryl methyl sites for hydroxylation is 1. The Kier molecular flexibility index (Phi) is 5.07. The Hall–Kier alpha value is -1.97. The number of nitrogens with zero attached hydrogens (tertiary/aromatic N) is 2. The number of esters is 1. The first kappa shape index (κ1) is 17.8. The van der Waals surface area contributed by atoms with E-state index in [1.54, 1.807) is 22.9 Å². The van der Waals surface area contributed by atoms with Crippen molar-refractivity contribution in [2.75, 3.05) is 6.61 Å². The number of ether oxygens (including phenoxy) is 1. The number of thiophene rings is 1. The van der Waals surface area contributed by atoms with Crippen molar-refractivity contribution in [3.05, 3.63) is 46.1 Å². The highest BCUT2D eigenvalue weighted by Crippen LogP contribution is 2.21. The van der Waals surface area contributed by atoms with E-state index in [1.807, 2.05) is 25.1 Å². The minimum absolute atomic E-state index is 0.0876. The average Bonchev–Trinajstić information content (AvgIpc) is 3.17. The predicted octanol–water partition coefficient (Wildman–Crippen LogP) is 2.93. The van der Waals surface area contributed by atoms with Gasteiger partial charge in [0.2, 0.25) is 4.80 Å². The van der Waals surface area contributed by atoms with Crippen LogP contribution in [0.1, 0.15) is 12.5 Å². The zero-order valence-electron chi connectivity index (χ0n) is 13.6. The first-order valence-corrected chi connectivity index (χ1v) is 10.6. The molecule has 3 rings (SSSR count). The van der Waals surface area contributed by atoms with E-state index in [0.29, 0.717) is 0 Å². The molecule has 0 unspecified atom stereocenters. The second-order valence-corrected chi connectivity index (χ2v) is 9.03. The van der Waals surface area contributed by atoms with E-state index in [9.17, 15) is 13.2 Å². The van der Waals surface area contributed by atoms with Gasteiger partial charge in [-0.1, -0.05) is 23.5 Å². The van der Waals surface area contributed by atoms with Gasteiger partial charge in [-0.3, -0.25) is 4.79 Å². The Labute approximate surface area is 153 Å². The maximum atomic E-state index is 12.5. The zero-order chi connectivity index (χ0) is 18.0. The van der Waals surface area contributed by atoms with E-state index in [-0.39, 0.29) is 22.2 Å². The SMILES string of the molecule is CCOC(=O)Cn1/c(=N/S(=O)(=O)c2cccs2)sc2cc(C)ccc21. The van der Waals surface area contributed by atoms with Crippen molar-refractivity contribution in [2.24, 2.45) is 4.40 Å². The summed E-state index contributed by atoms with van der Waals surface area (Å²) in [6.07, 6.45) is 0. The largest absolute Gasteiger partial charge is 0.465 e. The Balaban J connectivity index is 2.19. The van der Waals surface area contributed by atoms with E-state index < -0.39 is 16.0 Å². The van der Waals surface area contributed by atoms with Gasteiger partial charge in [-0.05, 0) is 43.0 Å². The first-order valence-electron chi connectivity index (χ1n) is 7.51. The topological polar surface area (TPSA) is 77.7 Å². The van der Waals surface area contributed by atoms with Crippen molar-refractivity contribution in [1.82, 2.24) is 4.57 Å². The van der Waals surface area contributed by atoms with Gasteiger partial charge < -0.3 is 9.30 Å². The van der Waals surface area contributed by atoms with Crippen LogP contribution in [-0.2, 0) is 26.1 Å². The number of thiazole rings is 1. The van der Waals surface area contributed by atoms with Crippen molar-refractivity contribution in [3.8, 4) is 0 Å². The zero-order valence-corrected chi connectivity index (χ0v) is 16.1. The number of rotatable bonds is 5. The molecule has 6 nitrogen and oxygen atoms in total. The highest BCUT2D eigenvalue weighted by molar-refractivity contribution is 7.92. The second-order valence-electron chi connectivity index (χ2n) is 5.25. The lowest BCUT2D eigenvalue weighted by Crippen LogP contribution is -2.23. The highest BCUT2D eigenvalue weighted by atomic mass is 32.2. The summed E-state index contributed by atoms with van der Waals surface area (Å²) >= 11 is 2.34. The van der Waals surface area contributed by atoms with Crippen LogP contribution in [0.4, 0.5) is 0 Å². The minimum Gasteiger partial charge on any atom is -0.465 e. The van der Waals surface area contributed by atoms with E-state index in [2.05, 4.69) is 4.40 Å². The van der Waals surface area contributed by atoms with Crippen LogP contribution in [0.25, 0.3) is 10.2 Å². The number of carbonyl (C=O) groups excluding carboxylic acids is 1. The Bertz CT molecular complexity index is 1080. The van der Waals surface area contributed by atoms with Gasteiger partial charge in [0.15, 0.2) is 0 Å². The number of aromatic nitrogens is 1. The molecular weight excluding hydrogens is 380 g/mol. The van der Waals surface area contributed by atoms with Gasteiger partial charge >= 0.3 is 5.97 Å². The molecule has 132 valence electrons. The fourth-order valence-electron chi connectivity index (χ4n) is 2.30. The van der Waals surface area contributed by atoms with Crippen LogP contribution in [-0.4, -0.2) is 25.6 Å². The number of sulfonamides is 1. The van der Waals surface area contributed by atoms with Gasteiger partial charge in [-0.2, -0.15) is 8.42 Å². The highest BCUT2D eigenvalue weighted by Gasteiger charge is 2.17. The minimum atomic E-state index is -3.82. The molecule has 0 radical (unpaired) electrons. The number of fused-ring (bicyclic) bond motifs is 1. The predicted molar refractivity (Wildman–Crippen MR) is 98.3 cm³/mol. The van der Waals surface area contributed by atoms with Crippen LogP contribution < -0.4 is 4.80 Å². The normalized spacial score (nSPS) is 12.6. The summed E-state index contributed by atoms with van der Waals surface area (Å²) in [6.45, 7) is 3.86. The molecule has 0 bridgehead atoms. The lowest BCUT2D eigenvalue weighted by atomic mass is 10.2. The number of benzene rings is 1. The molecule has 0 aliphatic rings. The number of carbonyl (C=O) groups is 1. The molecule has 0 saturated heterocycles. The second kappa shape index (κ2) is 7.11. The average molecular weight is 397 g/mol. The first-order chi connectivity index (χ1) is 11.9. The molecule has 25 heavy (non-hydrogen) atoms. The van der Waals surface area contributed by atoms with Gasteiger partial charge in [-0.25, -0.2) is 0 Å². The maximum absolute atomic E-state index is 12.5. The molecule has 1 aromatic carbocycles. The summed E-state index contributed by atoms with van der Waals surface area (Å²) in [5.41, 5.74) is 1.80. The van der Waals surface area contributed by atoms with Crippen molar-refractivity contribution in [2.45, 2.75) is 24.6 Å². The fraction of sp³-hybridized carbons (Fsp3) is 0.250. The van der Waals surface area contributed by atoms with Gasteiger partial charge in [-0.15, -0.1) is 15.7 Å². The number of hydrogen-bond donors (Lipinski definition) is 0. The summed E-state index contributed by atoms with van der Waals surface area (Å²) in [6, 6.07) is 8.88. The van der Waals surface area contributed by atoms with Crippen molar-refractivity contribution in [3.63, 3.8) is 0 Å². The lowest BCUT2D eigenvalue weighted by Gasteiger charge is -2.05. The third-order valence-electron chi connectivity index (χ3n) is 3.38. The van der Waals surface area contributed by atoms with Crippen LogP contribution in [0.3, 0.4) is 0 Å². The molecule has 0 atom stereocenters. The summed E-state index contributed by atoms with van der Waals surface area (Å²) < 4.78 is 36.6. The van der Waals surface area contributed by atoms with Gasteiger partial charge in [0, 0.05) is 0 Å². The van der Waals surface area contributed by atoms with Crippen molar-refractivity contribution < 1.29 is 17.9 Å². The third-order valence-corrected chi connectivity index (χ3v) is 7.18. The molecule has 0 spiro atoms. The van der Waals surface area contributed by atoms with Crippen LogP contribution in [0, 0.1) is 6.92 Å². The molecule has 2 heterocycles. The van der Waals surface area contributed by atoms with Gasteiger partial charge in [0.1, 0.15) is 10.8 Å². The Morgan fingerprint density at radius 1 is 1.32 bits per heavy atom. The molecule has 0 aliphatic heterocycles. The molecule has 0 N–H and O–H groups in total. The summed E-state index contributed by atoms with van der Waals surface area (Å²) in [7, 11) is -3.82. The molecule has 2 aromatic heterocycles. The summed E-state index contributed by atoms with van der Waals surface area (Å²) in [5.74, 6) is -0.433. The van der Waals surface area contributed by atoms with E-state index in [4.69, 9.17) is 4.74 Å². The summed E-state index contributed by atoms with van der Waals surface area (Å²) in [4.78, 5) is 12.2. The summed E-state index contributed by atoms with van der Waals surface area (Å²) in [5, 5.41) is 1.68. The number of hydrogen-bond acceptors (Lipinski definition) is 6. The van der Waals surface area contributed by atoms with Crippen LogP contribution >= 0.6 is 22.7 Å². The molecule has 0 saturated carbocycles. The van der Waals surface area contributed by atoms with Gasteiger partial charge in [0.25, 0.3) is 10.0 Å². The van der Waals surface area contributed by atoms with Crippen molar-refractivity contribution >= 4 is 48.9 Å². The Morgan fingerprint density at radius 2 is 2.12 bits per heavy atom. The Morgan fingerprint density at radius 3 is 2.80 bits per heavy atom. The lowest BCUT2D eigenvalue weighted by molar-refractivity contribution is -0.143.